The van der Waals surface area contributed by atoms with Gasteiger partial charge in [0.1, 0.15) is 48.4 Å². The summed E-state index contributed by atoms with van der Waals surface area (Å²) in [6, 6.07) is 24.7. The maximum Gasteiger partial charge on any atom is 0.222 e. The molecule has 0 saturated carbocycles. The van der Waals surface area contributed by atoms with Gasteiger partial charge in [-0.2, -0.15) is 4.98 Å². The van der Waals surface area contributed by atoms with Crippen LogP contribution in [0.4, 0.5) is 0 Å². The molecule has 0 bridgehead atoms. The Balaban J connectivity index is 1.09. The maximum atomic E-state index is 5.99. The molecule has 0 aliphatic carbocycles. The molecule has 2 aliphatic rings. The van der Waals surface area contributed by atoms with E-state index in [0.717, 1.165) is 35.5 Å². The number of epoxide rings is 2. The van der Waals surface area contributed by atoms with Gasteiger partial charge in [-0.1, -0.05) is 18.2 Å². The Labute approximate surface area is 196 Å². The van der Waals surface area contributed by atoms with Gasteiger partial charge in [0.05, 0.1) is 13.2 Å². The van der Waals surface area contributed by atoms with Crippen molar-refractivity contribution in [2.24, 2.45) is 0 Å². The second-order valence-corrected chi connectivity index (χ2v) is 8.19. The molecule has 0 radical (unpaired) electrons. The third-order valence-electron chi connectivity index (χ3n) is 5.43. The van der Waals surface area contributed by atoms with E-state index in [4.69, 9.17) is 28.4 Å². The first-order valence-corrected chi connectivity index (χ1v) is 11.2. The van der Waals surface area contributed by atoms with E-state index in [1.807, 2.05) is 66.7 Å². The largest absolute Gasteiger partial charge is 0.491 e. The third-order valence-corrected chi connectivity index (χ3v) is 5.43. The highest BCUT2D eigenvalue weighted by atomic mass is 16.6. The zero-order valence-corrected chi connectivity index (χ0v) is 18.4. The van der Waals surface area contributed by atoms with Crippen LogP contribution in [0.25, 0.3) is 10.8 Å². The topological polar surface area (TPSA) is 74.9 Å². The fraction of sp³-hybridized carbons (Fsp3) is 0.222. The molecule has 6 rings (SSSR count). The lowest BCUT2D eigenvalue weighted by atomic mass is 10.1. The highest BCUT2D eigenvalue weighted by Gasteiger charge is 2.23. The number of fused-ring (bicyclic) bond motifs is 1. The number of benzene rings is 3. The van der Waals surface area contributed by atoms with Gasteiger partial charge in [0, 0.05) is 12.1 Å². The minimum Gasteiger partial charge on any atom is -0.491 e. The van der Waals surface area contributed by atoms with Crippen LogP contribution in [0.2, 0.25) is 0 Å². The van der Waals surface area contributed by atoms with Crippen molar-refractivity contribution in [2.45, 2.75) is 12.2 Å². The van der Waals surface area contributed by atoms with Crippen molar-refractivity contribution >= 4 is 10.8 Å². The lowest BCUT2D eigenvalue weighted by Gasteiger charge is -2.10. The SMILES string of the molecule is c1cc(Oc2ccc(OCC3CO3)cc2)nc(Oc2ccc3cc(OCC4CO4)ccc3c2)c1. The molecule has 0 amide bonds. The first-order chi connectivity index (χ1) is 16.8. The molecule has 0 N–H and O–H groups in total. The molecule has 7 nitrogen and oxygen atoms in total. The summed E-state index contributed by atoms with van der Waals surface area (Å²) in [5.74, 6) is 3.86. The number of nitrogens with zero attached hydrogens (tertiary/aromatic N) is 1. The van der Waals surface area contributed by atoms with Crippen LogP contribution in [-0.4, -0.2) is 43.6 Å². The van der Waals surface area contributed by atoms with Gasteiger partial charge in [0.15, 0.2) is 0 Å². The minimum absolute atomic E-state index is 0.226. The molecule has 1 aromatic heterocycles. The Morgan fingerprint density at radius 2 is 1.12 bits per heavy atom. The Kier molecular flexibility index (Phi) is 5.63. The first kappa shape index (κ1) is 20.8. The van der Waals surface area contributed by atoms with Crippen molar-refractivity contribution in [3.8, 4) is 34.8 Å². The fourth-order valence-corrected chi connectivity index (χ4v) is 3.42. The molecule has 3 aromatic carbocycles. The maximum absolute atomic E-state index is 5.99. The highest BCUT2D eigenvalue weighted by molar-refractivity contribution is 5.85. The molecule has 0 spiro atoms. The predicted octanol–water partition coefficient (Wildman–Crippen LogP) is 5.37. The summed E-state index contributed by atoms with van der Waals surface area (Å²) in [6.45, 7) is 2.72. The zero-order chi connectivity index (χ0) is 22.7. The van der Waals surface area contributed by atoms with E-state index in [1.54, 1.807) is 12.1 Å². The van der Waals surface area contributed by atoms with Crippen LogP contribution in [-0.2, 0) is 9.47 Å². The van der Waals surface area contributed by atoms with Gasteiger partial charge < -0.3 is 28.4 Å². The summed E-state index contributed by atoms with van der Waals surface area (Å²) in [4.78, 5) is 4.47. The molecule has 2 saturated heterocycles. The summed E-state index contributed by atoms with van der Waals surface area (Å²) in [5.41, 5.74) is 0. The quantitative estimate of drug-likeness (QED) is 0.296. The van der Waals surface area contributed by atoms with E-state index >= 15 is 0 Å². The molecular weight excluding hydrogens is 434 g/mol. The van der Waals surface area contributed by atoms with Gasteiger partial charge in [-0.15, -0.1) is 0 Å². The van der Waals surface area contributed by atoms with Crippen LogP contribution in [0.3, 0.4) is 0 Å². The Bertz CT molecular complexity index is 1280. The molecule has 172 valence electrons. The van der Waals surface area contributed by atoms with Gasteiger partial charge in [-0.25, -0.2) is 0 Å². The van der Waals surface area contributed by atoms with Crippen LogP contribution >= 0.6 is 0 Å². The number of pyridine rings is 1. The van der Waals surface area contributed by atoms with Crippen molar-refractivity contribution < 1.29 is 28.4 Å². The van der Waals surface area contributed by atoms with Crippen molar-refractivity contribution in [2.75, 3.05) is 26.4 Å². The van der Waals surface area contributed by atoms with Crippen molar-refractivity contribution in [3.05, 3.63) is 78.9 Å². The van der Waals surface area contributed by atoms with Crippen LogP contribution in [0.15, 0.2) is 78.9 Å². The Morgan fingerprint density at radius 3 is 1.76 bits per heavy atom. The van der Waals surface area contributed by atoms with E-state index in [-0.39, 0.29) is 12.2 Å². The number of hydrogen-bond donors (Lipinski definition) is 0. The van der Waals surface area contributed by atoms with Gasteiger partial charge >= 0.3 is 0 Å². The summed E-state index contributed by atoms with van der Waals surface area (Å²) in [5, 5.41) is 2.12. The summed E-state index contributed by atoms with van der Waals surface area (Å²) in [7, 11) is 0. The van der Waals surface area contributed by atoms with E-state index in [1.165, 1.54) is 0 Å². The van der Waals surface area contributed by atoms with Crippen molar-refractivity contribution in [1.82, 2.24) is 4.98 Å². The van der Waals surface area contributed by atoms with Gasteiger partial charge in [-0.05, 0) is 59.3 Å². The summed E-state index contributed by atoms with van der Waals surface area (Å²) < 4.78 is 33.6. The van der Waals surface area contributed by atoms with Gasteiger partial charge in [-0.3, -0.25) is 0 Å². The standard InChI is InChI=1S/C27H23NO6/c1-2-26(33-21-10-8-20(9-11-21)29-14-24-16-31-24)28-27(3-1)34-23-7-5-18-12-22(6-4-19(18)13-23)30-15-25-17-32-25/h1-13,24-25H,14-17H2. The number of hydrogen-bond acceptors (Lipinski definition) is 7. The van der Waals surface area contributed by atoms with Crippen LogP contribution < -0.4 is 18.9 Å². The number of ether oxygens (including phenoxy) is 6. The number of aromatic nitrogens is 1. The molecule has 2 aliphatic heterocycles. The van der Waals surface area contributed by atoms with Gasteiger partial charge in [0.25, 0.3) is 0 Å². The zero-order valence-electron chi connectivity index (χ0n) is 18.4. The minimum atomic E-state index is 0.226. The summed E-state index contributed by atoms with van der Waals surface area (Å²) >= 11 is 0. The molecule has 7 heteroatoms. The Hall–Kier alpha value is -3.81. The predicted molar refractivity (Wildman–Crippen MR) is 125 cm³/mol. The molecular formula is C27H23NO6. The average Bonchev–Trinajstić information content (AvgIpc) is 3.78. The number of rotatable bonds is 10. The Morgan fingerprint density at radius 1 is 0.618 bits per heavy atom. The lowest BCUT2D eigenvalue weighted by molar-refractivity contribution is 0.263. The molecule has 2 unspecified atom stereocenters. The summed E-state index contributed by atoms with van der Waals surface area (Å²) in [6.07, 6.45) is 0.462. The highest BCUT2D eigenvalue weighted by Crippen LogP contribution is 2.30. The van der Waals surface area contributed by atoms with E-state index in [9.17, 15) is 0 Å². The lowest BCUT2D eigenvalue weighted by Crippen LogP contribution is -2.03. The fourth-order valence-electron chi connectivity index (χ4n) is 3.42. The third kappa shape index (κ3) is 5.39. The smallest absolute Gasteiger partial charge is 0.222 e. The monoisotopic (exact) mass is 457 g/mol. The van der Waals surface area contributed by atoms with Crippen molar-refractivity contribution in [1.29, 1.82) is 0 Å². The van der Waals surface area contributed by atoms with Gasteiger partial charge in [0.2, 0.25) is 11.8 Å². The van der Waals surface area contributed by atoms with Crippen LogP contribution in [0, 0.1) is 0 Å². The molecule has 4 aromatic rings. The van der Waals surface area contributed by atoms with E-state index in [2.05, 4.69) is 4.98 Å². The second-order valence-electron chi connectivity index (χ2n) is 8.19. The molecule has 2 atom stereocenters. The normalized spacial score (nSPS) is 18.4. The second kappa shape index (κ2) is 9.21. The molecule has 3 heterocycles. The van der Waals surface area contributed by atoms with Crippen LogP contribution in [0.5, 0.6) is 34.8 Å². The molecule has 34 heavy (non-hydrogen) atoms. The van der Waals surface area contributed by atoms with Crippen molar-refractivity contribution in [3.63, 3.8) is 0 Å². The average molecular weight is 457 g/mol. The van der Waals surface area contributed by atoms with Crippen LogP contribution in [0.1, 0.15) is 0 Å². The first-order valence-electron chi connectivity index (χ1n) is 11.2. The van der Waals surface area contributed by atoms with E-state index < -0.39 is 0 Å². The van der Waals surface area contributed by atoms with E-state index in [0.29, 0.717) is 36.5 Å². The molecule has 2 fully saturated rings.